The molecule has 106 valence electrons. The van der Waals surface area contributed by atoms with E-state index >= 15 is 0 Å². The number of carbonyl (C=O) groups is 1. The van der Waals surface area contributed by atoms with Gasteiger partial charge in [0.1, 0.15) is 0 Å². The SMILES string of the molecule is C/C(=N/NC(=O)c1cccnc1)c1ccc2c(c1)OCO2. The highest BCUT2D eigenvalue weighted by Gasteiger charge is 2.14. The summed E-state index contributed by atoms with van der Waals surface area (Å²) in [5.41, 5.74) is 4.48. The number of nitrogens with one attached hydrogen (secondary N) is 1. The van der Waals surface area contributed by atoms with Gasteiger partial charge in [-0.05, 0) is 37.3 Å². The van der Waals surface area contributed by atoms with Gasteiger partial charge in [-0.25, -0.2) is 5.43 Å². The molecule has 1 aromatic carbocycles. The summed E-state index contributed by atoms with van der Waals surface area (Å²) in [6.45, 7) is 2.04. The summed E-state index contributed by atoms with van der Waals surface area (Å²) in [5, 5.41) is 4.09. The van der Waals surface area contributed by atoms with Crippen molar-refractivity contribution in [1.29, 1.82) is 0 Å². The van der Waals surface area contributed by atoms with Crippen molar-refractivity contribution in [3.05, 3.63) is 53.9 Å². The Kier molecular flexibility index (Phi) is 3.51. The van der Waals surface area contributed by atoms with Gasteiger partial charge in [-0.1, -0.05) is 0 Å². The van der Waals surface area contributed by atoms with Crippen molar-refractivity contribution < 1.29 is 14.3 Å². The Morgan fingerprint density at radius 3 is 2.90 bits per heavy atom. The number of carbonyl (C=O) groups excluding carboxylic acids is 1. The highest BCUT2D eigenvalue weighted by atomic mass is 16.7. The molecule has 0 fully saturated rings. The van der Waals surface area contributed by atoms with Gasteiger partial charge in [-0.15, -0.1) is 0 Å². The summed E-state index contributed by atoms with van der Waals surface area (Å²) in [6, 6.07) is 8.89. The number of amides is 1. The van der Waals surface area contributed by atoms with Crippen LogP contribution in [0.25, 0.3) is 0 Å². The van der Waals surface area contributed by atoms with Crippen molar-refractivity contribution in [3.8, 4) is 11.5 Å². The molecular weight excluding hydrogens is 270 g/mol. The first-order chi connectivity index (χ1) is 10.2. The van der Waals surface area contributed by atoms with Crippen molar-refractivity contribution in [2.24, 2.45) is 5.10 Å². The fourth-order valence-electron chi connectivity index (χ4n) is 1.88. The predicted molar refractivity (Wildman–Crippen MR) is 76.5 cm³/mol. The van der Waals surface area contributed by atoms with Crippen LogP contribution in [0.4, 0.5) is 0 Å². The molecule has 2 aromatic rings. The third-order valence-corrected chi connectivity index (χ3v) is 3.04. The summed E-state index contributed by atoms with van der Waals surface area (Å²) >= 11 is 0. The van der Waals surface area contributed by atoms with Gasteiger partial charge >= 0.3 is 0 Å². The van der Waals surface area contributed by atoms with Gasteiger partial charge in [-0.3, -0.25) is 9.78 Å². The van der Waals surface area contributed by atoms with Crippen molar-refractivity contribution in [2.45, 2.75) is 6.92 Å². The lowest BCUT2D eigenvalue weighted by molar-refractivity contribution is 0.0954. The van der Waals surface area contributed by atoms with Crippen molar-refractivity contribution >= 4 is 11.6 Å². The second kappa shape index (κ2) is 5.62. The number of aromatic nitrogens is 1. The van der Waals surface area contributed by atoms with Gasteiger partial charge in [-0.2, -0.15) is 5.10 Å². The van der Waals surface area contributed by atoms with E-state index in [0.717, 1.165) is 5.56 Å². The van der Waals surface area contributed by atoms with Gasteiger partial charge in [0.25, 0.3) is 5.91 Å². The molecule has 0 atom stereocenters. The van der Waals surface area contributed by atoms with Gasteiger partial charge in [0, 0.05) is 18.0 Å². The lowest BCUT2D eigenvalue weighted by atomic mass is 10.1. The maximum Gasteiger partial charge on any atom is 0.272 e. The van der Waals surface area contributed by atoms with E-state index < -0.39 is 0 Å². The molecule has 0 saturated heterocycles. The summed E-state index contributed by atoms with van der Waals surface area (Å²) in [5.74, 6) is 1.09. The Morgan fingerprint density at radius 2 is 2.10 bits per heavy atom. The zero-order valence-electron chi connectivity index (χ0n) is 11.4. The van der Waals surface area contributed by atoms with Crippen LogP contribution in [-0.4, -0.2) is 23.4 Å². The highest BCUT2D eigenvalue weighted by molar-refractivity contribution is 6.01. The number of hydrogen-bond donors (Lipinski definition) is 1. The number of nitrogens with zero attached hydrogens (tertiary/aromatic N) is 2. The van der Waals surface area contributed by atoms with E-state index in [2.05, 4.69) is 15.5 Å². The second-order valence-corrected chi connectivity index (χ2v) is 4.45. The molecule has 0 radical (unpaired) electrons. The first kappa shape index (κ1) is 13.1. The van der Waals surface area contributed by atoms with Crippen LogP contribution < -0.4 is 14.9 Å². The number of rotatable bonds is 3. The molecular formula is C15H13N3O3. The molecule has 6 nitrogen and oxygen atoms in total. The second-order valence-electron chi connectivity index (χ2n) is 4.45. The third-order valence-electron chi connectivity index (χ3n) is 3.04. The van der Waals surface area contributed by atoms with Gasteiger partial charge in [0.2, 0.25) is 6.79 Å². The number of hydrogen-bond acceptors (Lipinski definition) is 5. The minimum Gasteiger partial charge on any atom is -0.454 e. The number of pyridine rings is 1. The fourth-order valence-corrected chi connectivity index (χ4v) is 1.88. The van der Waals surface area contributed by atoms with E-state index in [1.807, 2.05) is 18.2 Å². The Morgan fingerprint density at radius 1 is 1.24 bits per heavy atom. The van der Waals surface area contributed by atoms with Crippen LogP contribution in [0.15, 0.2) is 47.8 Å². The predicted octanol–water partition coefficient (Wildman–Crippen LogP) is 1.96. The number of benzene rings is 1. The first-order valence-electron chi connectivity index (χ1n) is 6.39. The molecule has 0 unspecified atom stereocenters. The largest absolute Gasteiger partial charge is 0.454 e. The zero-order valence-corrected chi connectivity index (χ0v) is 11.4. The summed E-state index contributed by atoms with van der Waals surface area (Å²) in [7, 11) is 0. The normalized spacial score (nSPS) is 13.1. The zero-order chi connectivity index (χ0) is 14.7. The van der Waals surface area contributed by atoms with Gasteiger partial charge in [0.15, 0.2) is 11.5 Å². The maximum absolute atomic E-state index is 11.9. The third kappa shape index (κ3) is 2.84. The van der Waals surface area contributed by atoms with E-state index in [1.165, 1.54) is 6.20 Å². The Bertz CT molecular complexity index is 699. The molecule has 0 aliphatic carbocycles. The van der Waals surface area contributed by atoms with E-state index in [4.69, 9.17) is 9.47 Å². The van der Waals surface area contributed by atoms with Crippen LogP contribution >= 0.6 is 0 Å². The van der Waals surface area contributed by atoms with Crippen LogP contribution in [-0.2, 0) is 0 Å². The molecule has 1 N–H and O–H groups in total. The van der Waals surface area contributed by atoms with Crippen LogP contribution in [0.5, 0.6) is 11.5 Å². The molecule has 0 saturated carbocycles. The molecule has 6 heteroatoms. The van der Waals surface area contributed by atoms with E-state index in [-0.39, 0.29) is 12.7 Å². The lowest BCUT2D eigenvalue weighted by Crippen LogP contribution is -2.19. The highest BCUT2D eigenvalue weighted by Crippen LogP contribution is 2.32. The smallest absolute Gasteiger partial charge is 0.272 e. The Hall–Kier alpha value is -2.89. The average Bonchev–Trinajstić information content (AvgIpc) is 3.00. The standard InChI is InChI=1S/C15H13N3O3/c1-10(11-4-5-13-14(7-11)21-9-20-13)17-18-15(19)12-3-2-6-16-8-12/h2-8H,9H2,1H3,(H,18,19)/b17-10-. The minimum atomic E-state index is -0.303. The van der Waals surface area contributed by atoms with Crippen molar-refractivity contribution in [3.63, 3.8) is 0 Å². The van der Waals surface area contributed by atoms with Crippen LogP contribution in [0.1, 0.15) is 22.8 Å². The Labute approximate surface area is 121 Å². The van der Waals surface area contributed by atoms with E-state index in [1.54, 1.807) is 25.3 Å². The average molecular weight is 283 g/mol. The molecule has 1 aromatic heterocycles. The van der Waals surface area contributed by atoms with Crippen LogP contribution in [0, 0.1) is 0 Å². The first-order valence-corrected chi connectivity index (χ1v) is 6.39. The summed E-state index contributed by atoms with van der Waals surface area (Å²) < 4.78 is 10.6. The van der Waals surface area contributed by atoms with Crippen molar-refractivity contribution in [1.82, 2.24) is 10.4 Å². The van der Waals surface area contributed by atoms with Crippen LogP contribution in [0.3, 0.4) is 0 Å². The molecule has 1 aliphatic rings. The molecule has 21 heavy (non-hydrogen) atoms. The monoisotopic (exact) mass is 283 g/mol. The van der Waals surface area contributed by atoms with Crippen LogP contribution in [0.2, 0.25) is 0 Å². The molecule has 1 aliphatic heterocycles. The van der Waals surface area contributed by atoms with E-state index in [0.29, 0.717) is 22.8 Å². The van der Waals surface area contributed by atoms with Gasteiger partial charge in [0.05, 0.1) is 11.3 Å². The van der Waals surface area contributed by atoms with E-state index in [9.17, 15) is 4.79 Å². The summed E-state index contributed by atoms with van der Waals surface area (Å²) in [6.07, 6.45) is 3.10. The quantitative estimate of drug-likeness (QED) is 0.690. The molecule has 0 spiro atoms. The maximum atomic E-state index is 11.9. The minimum absolute atomic E-state index is 0.229. The molecule has 0 bridgehead atoms. The van der Waals surface area contributed by atoms with Gasteiger partial charge < -0.3 is 9.47 Å². The molecule has 1 amide bonds. The topological polar surface area (TPSA) is 72.8 Å². The molecule has 3 rings (SSSR count). The number of ether oxygens (including phenoxy) is 2. The van der Waals surface area contributed by atoms with Crippen molar-refractivity contribution in [2.75, 3.05) is 6.79 Å². The Balaban J connectivity index is 1.73. The fraction of sp³-hybridized carbons (Fsp3) is 0.133. The number of fused-ring (bicyclic) bond motifs is 1. The summed E-state index contributed by atoms with van der Waals surface area (Å²) in [4.78, 5) is 15.8. The molecule has 2 heterocycles. The lowest BCUT2D eigenvalue weighted by Gasteiger charge is -2.04. The number of hydrazone groups is 1.